The second-order valence-electron chi connectivity index (χ2n) is 8.57. The van der Waals surface area contributed by atoms with E-state index in [1.165, 1.54) is 0 Å². The predicted octanol–water partition coefficient (Wildman–Crippen LogP) is 3.33. The fourth-order valence-corrected chi connectivity index (χ4v) is 5.40. The lowest BCUT2D eigenvalue weighted by atomic mass is 9.73. The van der Waals surface area contributed by atoms with Gasteiger partial charge in [0.15, 0.2) is 0 Å². The lowest BCUT2D eigenvalue weighted by Gasteiger charge is -2.31. The maximum Gasteiger partial charge on any atom is 0.393 e. The molecule has 3 fully saturated rings. The molecule has 0 aliphatic carbocycles. The number of nitrogens with zero attached hydrogens (tertiary/aromatic N) is 2. The third-order valence-corrected chi connectivity index (χ3v) is 6.23. The quantitative estimate of drug-likeness (QED) is 0.793. The zero-order chi connectivity index (χ0) is 18.5. The molecule has 0 unspecified atom stereocenters. The number of benzene rings is 1. The van der Waals surface area contributed by atoms with Gasteiger partial charge >= 0.3 is 6.18 Å². The van der Waals surface area contributed by atoms with Gasteiger partial charge < -0.3 is 9.64 Å². The molecule has 4 atom stereocenters. The van der Waals surface area contributed by atoms with Crippen LogP contribution in [0, 0.1) is 11.8 Å². The second-order valence-corrected chi connectivity index (χ2v) is 8.57. The Morgan fingerprint density at radius 3 is 2.77 bits per heavy atom. The van der Waals surface area contributed by atoms with Crippen molar-refractivity contribution in [3.05, 3.63) is 35.4 Å². The first-order chi connectivity index (χ1) is 12.2. The number of rotatable bonds is 5. The molecule has 3 heterocycles. The van der Waals surface area contributed by atoms with Crippen LogP contribution in [0.2, 0.25) is 0 Å². The molecule has 6 heteroatoms. The minimum atomic E-state index is -4.16. The minimum absolute atomic E-state index is 0.0189. The first-order valence-corrected chi connectivity index (χ1v) is 9.44. The maximum absolute atomic E-state index is 12.7. The molecular formula is C20H27F3N2O. The molecule has 3 aliphatic rings. The number of alkyl halides is 3. The predicted molar refractivity (Wildman–Crippen MR) is 93.9 cm³/mol. The van der Waals surface area contributed by atoms with E-state index in [1.54, 1.807) is 18.2 Å². The molecule has 0 aromatic heterocycles. The van der Waals surface area contributed by atoms with Crippen LogP contribution in [0.25, 0.3) is 0 Å². The summed E-state index contributed by atoms with van der Waals surface area (Å²) in [5.41, 5.74) is 1.28. The highest BCUT2D eigenvalue weighted by Crippen LogP contribution is 2.55. The van der Waals surface area contributed by atoms with Crippen LogP contribution in [0.5, 0.6) is 0 Å². The van der Waals surface area contributed by atoms with Gasteiger partial charge in [-0.15, -0.1) is 0 Å². The average molecular weight is 368 g/mol. The van der Waals surface area contributed by atoms with Crippen LogP contribution in [-0.4, -0.2) is 61.4 Å². The van der Waals surface area contributed by atoms with Crippen molar-refractivity contribution in [1.82, 2.24) is 9.80 Å². The van der Waals surface area contributed by atoms with E-state index in [1.807, 2.05) is 6.07 Å². The molecular weight excluding hydrogens is 341 g/mol. The molecule has 144 valence electrons. The van der Waals surface area contributed by atoms with Crippen molar-refractivity contribution in [2.75, 3.05) is 33.7 Å². The zero-order valence-electron chi connectivity index (χ0n) is 15.4. The standard InChI is InChI=1S/C20H27F3N2O/c1-24(2)11-16-17-12-25(13-19(17)7-6-18(16)26-19)10-15-5-3-4-14(8-15)9-20(21,22)23/h3-5,8,16-18H,6-7,9-13H2,1-2H3/t16-,17+,18+,19+/m0/s1. The number of likely N-dealkylation sites (tertiary alicyclic amines) is 1. The summed E-state index contributed by atoms with van der Waals surface area (Å²) in [6.45, 7) is 3.64. The van der Waals surface area contributed by atoms with Crippen molar-refractivity contribution >= 4 is 0 Å². The van der Waals surface area contributed by atoms with Crippen LogP contribution in [0.3, 0.4) is 0 Å². The van der Waals surface area contributed by atoms with E-state index in [2.05, 4.69) is 23.9 Å². The Kier molecular flexibility index (Phi) is 4.56. The molecule has 1 aromatic rings. The van der Waals surface area contributed by atoms with Crippen LogP contribution >= 0.6 is 0 Å². The fraction of sp³-hybridized carbons (Fsp3) is 0.700. The third kappa shape index (κ3) is 3.51. The lowest BCUT2D eigenvalue weighted by Crippen LogP contribution is -2.40. The zero-order valence-corrected chi connectivity index (χ0v) is 15.4. The Morgan fingerprint density at radius 2 is 2.04 bits per heavy atom. The van der Waals surface area contributed by atoms with Crippen molar-refractivity contribution in [2.45, 2.75) is 43.7 Å². The van der Waals surface area contributed by atoms with Crippen molar-refractivity contribution in [3.8, 4) is 0 Å². The minimum Gasteiger partial charge on any atom is -0.370 e. The highest BCUT2D eigenvalue weighted by atomic mass is 19.4. The molecule has 26 heavy (non-hydrogen) atoms. The number of hydrogen-bond acceptors (Lipinski definition) is 3. The van der Waals surface area contributed by atoms with E-state index in [9.17, 15) is 13.2 Å². The molecule has 3 aliphatic heterocycles. The van der Waals surface area contributed by atoms with Gasteiger partial charge in [-0.05, 0) is 38.1 Å². The molecule has 3 saturated heterocycles. The number of halogens is 3. The Morgan fingerprint density at radius 1 is 1.27 bits per heavy atom. The summed E-state index contributed by atoms with van der Waals surface area (Å²) in [4.78, 5) is 4.62. The summed E-state index contributed by atoms with van der Waals surface area (Å²) >= 11 is 0. The maximum atomic E-state index is 12.7. The Bertz CT molecular complexity index is 663. The van der Waals surface area contributed by atoms with Gasteiger partial charge in [-0.3, -0.25) is 4.90 Å². The van der Waals surface area contributed by atoms with Crippen LogP contribution in [-0.2, 0) is 17.7 Å². The largest absolute Gasteiger partial charge is 0.393 e. The van der Waals surface area contributed by atoms with E-state index in [-0.39, 0.29) is 5.60 Å². The molecule has 0 radical (unpaired) electrons. The van der Waals surface area contributed by atoms with E-state index in [0.717, 1.165) is 38.0 Å². The highest BCUT2D eigenvalue weighted by Gasteiger charge is 2.62. The SMILES string of the molecule is CN(C)C[C@H]1[C@H]2CN(Cc3cccc(CC(F)(F)F)c3)C[C@]23CC[C@H]1O3. The normalized spacial score (nSPS) is 34.0. The molecule has 0 N–H and O–H groups in total. The summed E-state index contributed by atoms with van der Waals surface area (Å²) in [6, 6.07) is 6.94. The average Bonchev–Trinajstić information content (AvgIpc) is 3.15. The summed E-state index contributed by atoms with van der Waals surface area (Å²) < 4.78 is 44.4. The van der Waals surface area contributed by atoms with Gasteiger partial charge in [-0.25, -0.2) is 0 Å². The Labute approximate surface area is 153 Å². The van der Waals surface area contributed by atoms with Gasteiger partial charge in [0.1, 0.15) is 0 Å². The van der Waals surface area contributed by atoms with E-state index >= 15 is 0 Å². The van der Waals surface area contributed by atoms with Gasteiger partial charge in [-0.2, -0.15) is 13.2 Å². The second kappa shape index (κ2) is 6.50. The summed E-state index contributed by atoms with van der Waals surface area (Å²) in [5, 5.41) is 0. The molecule has 0 saturated carbocycles. The summed E-state index contributed by atoms with van der Waals surface area (Å²) in [6.07, 6.45) is -2.36. The first kappa shape index (κ1) is 18.3. The lowest BCUT2D eigenvalue weighted by molar-refractivity contribution is -0.127. The molecule has 1 aromatic carbocycles. The smallest absolute Gasteiger partial charge is 0.370 e. The number of hydrogen-bond donors (Lipinski definition) is 0. The van der Waals surface area contributed by atoms with Crippen LogP contribution in [0.1, 0.15) is 24.0 Å². The monoisotopic (exact) mass is 368 g/mol. The molecule has 1 spiro atoms. The Balaban J connectivity index is 1.44. The van der Waals surface area contributed by atoms with Gasteiger partial charge in [0.05, 0.1) is 18.1 Å². The third-order valence-electron chi connectivity index (χ3n) is 6.23. The van der Waals surface area contributed by atoms with E-state index in [0.29, 0.717) is 30.0 Å². The van der Waals surface area contributed by atoms with Gasteiger partial charge in [0, 0.05) is 38.0 Å². The van der Waals surface area contributed by atoms with E-state index < -0.39 is 12.6 Å². The van der Waals surface area contributed by atoms with Gasteiger partial charge in [0.2, 0.25) is 0 Å². The van der Waals surface area contributed by atoms with Crippen molar-refractivity contribution in [2.24, 2.45) is 11.8 Å². The molecule has 3 nitrogen and oxygen atoms in total. The van der Waals surface area contributed by atoms with Crippen molar-refractivity contribution in [3.63, 3.8) is 0 Å². The van der Waals surface area contributed by atoms with Crippen LogP contribution in [0.4, 0.5) is 13.2 Å². The van der Waals surface area contributed by atoms with E-state index in [4.69, 9.17) is 4.74 Å². The van der Waals surface area contributed by atoms with Gasteiger partial charge in [-0.1, -0.05) is 24.3 Å². The number of ether oxygens (including phenoxy) is 1. The summed E-state index contributed by atoms with van der Waals surface area (Å²) in [7, 11) is 4.22. The van der Waals surface area contributed by atoms with Crippen LogP contribution in [0.15, 0.2) is 24.3 Å². The molecule has 2 bridgehead atoms. The summed E-state index contributed by atoms with van der Waals surface area (Å²) in [5.74, 6) is 1.11. The fourth-order valence-electron chi connectivity index (χ4n) is 5.40. The Hall–Kier alpha value is -1.11. The van der Waals surface area contributed by atoms with Crippen molar-refractivity contribution in [1.29, 1.82) is 0 Å². The van der Waals surface area contributed by atoms with Gasteiger partial charge in [0.25, 0.3) is 0 Å². The first-order valence-electron chi connectivity index (χ1n) is 9.44. The van der Waals surface area contributed by atoms with Crippen LogP contribution < -0.4 is 0 Å². The highest BCUT2D eigenvalue weighted by molar-refractivity contribution is 5.25. The molecule has 0 amide bonds. The topological polar surface area (TPSA) is 15.7 Å². The number of fused-ring (bicyclic) bond motifs is 1. The van der Waals surface area contributed by atoms with Crippen molar-refractivity contribution < 1.29 is 17.9 Å². The molecule has 4 rings (SSSR count).